The topological polar surface area (TPSA) is 57.7 Å². The Labute approximate surface area is 163 Å². The molecule has 0 radical (unpaired) electrons. The van der Waals surface area contributed by atoms with E-state index in [1.807, 2.05) is 48.5 Å². The number of aromatic nitrogens is 1. The lowest BCUT2D eigenvalue weighted by Crippen LogP contribution is -2.40. The van der Waals surface area contributed by atoms with E-state index in [1.165, 1.54) is 10.8 Å². The van der Waals surface area contributed by atoms with Gasteiger partial charge in [-0.3, -0.25) is 0 Å². The van der Waals surface area contributed by atoms with Crippen molar-refractivity contribution in [2.45, 2.75) is 6.10 Å². The minimum absolute atomic E-state index is 0.241. The molecule has 1 aliphatic rings. The maximum atomic E-state index is 10.5. The summed E-state index contributed by atoms with van der Waals surface area (Å²) in [6, 6.07) is 22.2. The lowest BCUT2D eigenvalue weighted by Gasteiger charge is -2.32. The van der Waals surface area contributed by atoms with E-state index in [4.69, 9.17) is 9.47 Å². The molecule has 2 heterocycles. The van der Waals surface area contributed by atoms with E-state index in [2.05, 4.69) is 28.1 Å². The van der Waals surface area contributed by atoms with Crippen LogP contribution in [0.3, 0.4) is 0 Å². The number of hydrogen-bond acceptors (Lipinski definition) is 4. The number of nitrogens with zero attached hydrogens (tertiary/aromatic N) is 1. The first-order valence-corrected chi connectivity index (χ1v) is 9.56. The van der Waals surface area contributed by atoms with Gasteiger partial charge in [-0.1, -0.05) is 30.3 Å². The first-order valence-electron chi connectivity index (χ1n) is 9.56. The fraction of sp³-hybridized carbons (Fsp3) is 0.217. The molecule has 0 saturated carbocycles. The molecule has 142 valence electrons. The number of anilines is 1. The maximum absolute atomic E-state index is 10.5. The van der Waals surface area contributed by atoms with Crippen LogP contribution in [0.2, 0.25) is 0 Å². The number of β-amino-alcohol motifs (C(OH)–C–C–N with tert-alkyl or cyclic N) is 1. The normalized spacial score (nSPS) is 14.7. The molecule has 5 nitrogen and oxygen atoms in total. The van der Waals surface area contributed by atoms with Crippen molar-refractivity contribution in [3.05, 3.63) is 66.7 Å². The summed E-state index contributed by atoms with van der Waals surface area (Å²) in [5.41, 5.74) is 3.17. The van der Waals surface area contributed by atoms with E-state index in [0.29, 0.717) is 13.2 Å². The lowest BCUT2D eigenvalue weighted by atomic mass is 10.1. The van der Waals surface area contributed by atoms with Gasteiger partial charge in [0, 0.05) is 28.9 Å². The number of benzene rings is 3. The summed E-state index contributed by atoms with van der Waals surface area (Å²) >= 11 is 0. The molecule has 1 atom stereocenters. The molecule has 28 heavy (non-hydrogen) atoms. The van der Waals surface area contributed by atoms with Crippen molar-refractivity contribution in [1.29, 1.82) is 0 Å². The number of aliphatic hydroxyl groups excluding tert-OH is 1. The lowest BCUT2D eigenvalue weighted by molar-refractivity contribution is 0.110. The summed E-state index contributed by atoms with van der Waals surface area (Å²) in [7, 11) is 0. The van der Waals surface area contributed by atoms with Crippen molar-refractivity contribution < 1.29 is 14.6 Å². The number of hydrogen-bond donors (Lipinski definition) is 2. The van der Waals surface area contributed by atoms with Gasteiger partial charge in [0.1, 0.15) is 30.8 Å². The number of fused-ring (bicyclic) bond motifs is 4. The molecule has 2 N–H and O–H groups in total. The molecule has 1 aromatic heterocycles. The minimum Gasteiger partial charge on any atom is -0.491 e. The van der Waals surface area contributed by atoms with E-state index in [9.17, 15) is 5.11 Å². The smallest absolute Gasteiger partial charge is 0.142 e. The van der Waals surface area contributed by atoms with Gasteiger partial charge in [0.15, 0.2) is 0 Å². The monoisotopic (exact) mass is 374 g/mol. The fourth-order valence-corrected chi connectivity index (χ4v) is 3.84. The molecule has 0 fully saturated rings. The summed E-state index contributed by atoms with van der Waals surface area (Å²) in [5, 5.41) is 12.9. The van der Waals surface area contributed by atoms with Crippen molar-refractivity contribution in [2.24, 2.45) is 0 Å². The van der Waals surface area contributed by atoms with Crippen LogP contribution in [-0.4, -0.2) is 42.5 Å². The Balaban J connectivity index is 1.27. The molecular formula is C23H22N2O3. The molecule has 1 unspecified atom stereocenters. The number of rotatable bonds is 5. The molecule has 0 amide bonds. The Hall–Kier alpha value is -3.18. The second-order valence-corrected chi connectivity index (χ2v) is 7.11. The van der Waals surface area contributed by atoms with Crippen LogP contribution in [0.15, 0.2) is 66.7 Å². The zero-order valence-electron chi connectivity index (χ0n) is 15.5. The second kappa shape index (κ2) is 7.09. The zero-order chi connectivity index (χ0) is 18.9. The maximum Gasteiger partial charge on any atom is 0.142 e. The summed E-state index contributed by atoms with van der Waals surface area (Å²) in [6.07, 6.45) is -0.593. The highest BCUT2D eigenvalue weighted by atomic mass is 16.5. The van der Waals surface area contributed by atoms with E-state index in [-0.39, 0.29) is 6.61 Å². The molecular weight excluding hydrogens is 352 g/mol. The third-order valence-corrected chi connectivity index (χ3v) is 5.18. The minimum atomic E-state index is -0.593. The third-order valence-electron chi connectivity index (χ3n) is 5.18. The fourth-order valence-electron chi connectivity index (χ4n) is 3.84. The van der Waals surface area contributed by atoms with E-state index < -0.39 is 6.10 Å². The number of aromatic amines is 1. The molecule has 5 heteroatoms. The van der Waals surface area contributed by atoms with Crippen molar-refractivity contribution >= 4 is 27.5 Å². The van der Waals surface area contributed by atoms with Gasteiger partial charge in [0.25, 0.3) is 0 Å². The Morgan fingerprint density at radius 2 is 1.82 bits per heavy atom. The van der Waals surface area contributed by atoms with E-state index in [1.54, 1.807) is 0 Å². The van der Waals surface area contributed by atoms with Gasteiger partial charge < -0.3 is 24.5 Å². The molecule has 4 aromatic rings. The molecule has 0 saturated heterocycles. The second-order valence-electron chi connectivity index (χ2n) is 7.11. The molecule has 3 aromatic carbocycles. The Kier molecular flexibility index (Phi) is 4.29. The molecule has 0 aliphatic carbocycles. The van der Waals surface area contributed by atoms with Gasteiger partial charge in [0.05, 0.1) is 17.7 Å². The van der Waals surface area contributed by atoms with Gasteiger partial charge >= 0.3 is 0 Å². The first kappa shape index (κ1) is 17.0. The predicted octanol–water partition coefficient (Wildman–Crippen LogP) is 3.96. The van der Waals surface area contributed by atoms with Gasteiger partial charge in [-0.25, -0.2) is 0 Å². The average Bonchev–Trinajstić information content (AvgIpc) is 3.10. The zero-order valence-corrected chi connectivity index (χ0v) is 15.5. The number of H-pyrrole nitrogens is 1. The highest BCUT2D eigenvalue weighted by Crippen LogP contribution is 2.31. The van der Waals surface area contributed by atoms with Crippen molar-refractivity contribution in [1.82, 2.24) is 4.98 Å². The van der Waals surface area contributed by atoms with Gasteiger partial charge in [-0.05, 0) is 30.3 Å². The molecule has 0 spiro atoms. The summed E-state index contributed by atoms with van der Waals surface area (Å²) in [5.74, 6) is 1.62. The Bertz CT molecular complexity index is 1120. The van der Waals surface area contributed by atoms with Crippen LogP contribution in [-0.2, 0) is 0 Å². The van der Waals surface area contributed by atoms with Crippen LogP contribution in [0, 0.1) is 0 Å². The first-order chi connectivity index (χ1) is 13.8. The number of nitrogens with one attached hydrogen (secondary N) is 1. The molecule has 0 bridgehead atoms. The van der Waals surface area contributed by atoms with Crippen molar-refractivity contribution in [2.75, 3.05) is 31.2 Å². The number of aliphatic hydroxyl groups is 1. The summed E-state index contributed by atoms with van der Waals surface area (Å²) in [6.45, 7) is 2.14. The number of para-hydroxylation sites is 3. The summed E-state index contributed by atoms with van der Waals surface area (Å²) < 4.78 is 11.5. The van der Waals surface area contributed by atoms with Crippen molar-refractivity contribution in [3.63, 3.8) is 0 Å². The van der Waals surface area contributed by atoms with Gasteiger partial charge in [-0.2, -0.15) is 0 Å². The Morgan fingerprint density at radius 3 is 2.79 bits per heavy atom. The van der Waals surface area contributed by atoms with Crippen LogP contribution in [0.1, 0.15) is 0 Å². The number of ether oxygens (including phenoxy) is 2. The van der Waals surface area contributed by atoms with Crippen LogP contribution >= 0.6 is 0 Å². The summed E-state index contributed by atoms with van der Waals surface area (Å²) in [4.78, 5) is 5.56. The van der Waals surface area contributed by atoms with Gasteiger partial charge in [-0.15, -0.1) is 0 Å². The van der Waals surface area contributed by atoms with Crippen LogP contribution in [0.5, 0.6) is 11.5 Å². The van der Waals surface area contributed by atoms with E-state index >= 15 is 0 Å². The SMILES string of the molecule is OC(COc1ccc2c(c1)[nH]c1ccccc12)CN1CCOc2ccccc21. The van der Waals surface area contributed by atoms with Gasteiger partial charge in [0.2, 0.25) is 0 Å². The van der Waals surface area contributed by atoms with Crippen LogP contribution in [0.25, 0.3) is 21.8 Å². The molecule has 5 rings (SSSR count). The molecule has 1 aliphatic heterocycles. The Morgan fingerprint density at radius 1 is 1.00 bits per heavy atom. The quantitative estimate of drug-likeness (QED) is 0.555. The predicted molar refractivity (Wildman–Crippen MR) is 111 cm³/mol. The van der Waals surface area contributed by atoms with E-state index in [0.717, 1.165) is 34.8 Å². The average molecular weight is 374 g/mol. The third kappa shape index (κ3) is 3.14. The van der Waals surface area contributed by atoms with Crippen LogP contribution in [0.4, 0.5) is 5.69 Å². The van der Waals surface area contributed by atoms with Crippen LogP contribution < -0.4 is 14.4 Å². The standard InChI is InChI=1S/C23H22N2O3/c26-16(14-25-11-12-27-23-8-4-3-7-22(23)25)15-28-17-9-10-19-18-5-1-2-6-20(18)24-21(19)13-17/h1-10,13,16,24,26H,11-12,14-15H2. The highest BCUT2D eigenvalue weighted by molar-refractivity contribution is 6.07. The largest absolute Gasteiger partial charge is 0.491 e. The highest BCUT2D eigenvalue weighted by Gasteiger charge is 2.20. The van der Waals surface area contributed by atoms with Crippen molar-refractivity contribution in [3.8, 4) is 11.5 Å².